The summed E-state index contributed by atoms with van der Waals surface area (Å²) in [6, 6.07) is 0.365. The third kappa shape index (κ3) is 2.90. The van der Waals surface area contributed by atoms with Gasteiger partial charge in [0.15, 0.2) is 0 Å². The SMILES string of the molecule is CC#CCNC(CC)c1cnn(C)c1. The van der Waals surface area contributed by atoms with Gasteiger partial charge < -0.3 is 0 Å². The topological polar surface area (TPSA) is 29.9 Å². The van der Waals surface area contributed by atoms with Gasteiger partial charge >= 0.3 is 0 Å². The first-order valence-corrected chi connectivity index (χ1v) is 4.89. The summed E-state index contributed by atoms with van der Waals surface area (Å²) in [5, 5.41) is 7.53. The average molecular weight is 191 g/mol. The molecule has 0 aliphatic carbocycles. The zero-order valence-electron chi connectivity index (χ0n) is 9.04. The van der Waals surface area contributed by atoms with Gasteiger partial charge in [-0.15, -0.1) is 5.92 Å². The van der Waals surface area contributed by atoms with Crippen LogP contribution in [0.5, 0.6) is 0 Å². The molecule has 0 bridgehead atoms. The van der Waals surface area contributed by atoms with Gasteiger partial charge in [-0.25, -0.2) is 0 Å². The van der Waals surface area contributed by atoms with E-state index in [-0.39, 0.29) is 0 Å². The minimum absolute atomic E-state index is 0.365. The van der Waals surface area contributed by atoms with Gasteiger partial charge in [0.1, 0.15) is 0 Å². The van der Waals surface area contributed by atoms with Crippen molar-refractivity contribution in [2.24, 2.45) is 7.05 Å². The van der Waals surface area contributed by atoms with Gasteiger partial charge in [0.2, 0.25) is 0 Å². The molecule has 76 valence electrons. The van der Waals surface area contributed by atoms with Crippen molar-refractivity contribution in [1.29, 1.82) is 0 Å². The minimum Gasteiger partial charge on any atom is -0.299 e. The number of hydrogen-bond acceptors (Lipinski definition) is 2. The first-order chi connectivity index (χ1) is 6.77. The molecule has 0 aliphatic heterocycles. The molecule has 0 saturated carbocycles. The summed E-state index contributed by atoms with van der Waals surface area (Å²) < 4.78 is 1.82. The van der Waals surface area contributed by atoms with Gasteiger partial charge in [-0.3, -0.25) is 10.00 Å². The van der Waals surface area contributed by atoms with Crippen molar-refractivity contribution in [1.82, 2.24) is 15.1 Å². The van der Waals surface area contributed by atoms with E-state index in [1.165, 1.54) is 5.56 Å². The summed E-state index contributed by atoms with van der Waals surface area (Å²) in [4.78, 5) is 0. The molecule has 0 radical (unpaired) electrons. The number of hydrogen-bond donors (Lipinski definition) is 1. The first-order valence-electron chi connectivity index (χ1n) is 4.89. The van der Waals surface area contributed by atoms with Crippen LogP contribution in [-0.2, 0) is 7.05 Å². The Balaban J connectivity index is 2.56. The molecule has 14 heavy (non-hydrogen) atoms. The van der Waals surface area contributed by atoms with Crippen molar-refractivity contribution in [3.05, 3.63) is 18.0 Å². The maximum atomic E-state index is 4.15. The fourth-order valence-electron chi connectivity index (χ4n) is 1.38. The predicted octanol–water partition coefficient (Wildman–Crippen LogP) is 1.48. The molecule has 0 saturated heterocycles. The Morgan fingerprint density at radius 2 is 2.43 bits per heavy atom. The van der Waals surface area contributed by atoms with Crippen molar-refractivity contribution in [2.45, 2.75) is 26.3 Å². The summed E-state index contributed by atoms with van der Waals surface area (Å²) in [5.74, 6) is 5.87. The molecule has 1 aromatic heterocycles. The summed E-state index contributed by atoms with van der Waals surface area (Å²) in [5.41, 5.74) is 1.23. The molecule has 1 aromatic rings. The normalized spacial score (nSPS) is 11.9. The van der Waals surface area contributed by atoms with Gasteiger partial charge in [0.05, 0.1) is 12.7 Å². The molecule has 3 nitrogen and oxygen atoms in total. The Hall–Kier alpha value is -1.27. The van der Waals surface area contributed by atoms with Crippen LogP contribution in [0.15, 0.2) is 12.4 Å². The molecular weight excluding hydrogens is 174 g/mol. The molecule has 0 aliphatic rings. The maximum Gasteiger partial charge on any atom is 0.0581 e. The lowest BCUT2D eigenvalue weighted by molar-refractivity contribution is 0.555. The molecule has 1 heterocycles. The molecule has 0 aromatic carbocycles. The van der Waals surface area contributed by atoms with Crippen LogP contribution < -0.4 is 5.32 Å². The van der Waals surface area contributed by atoms with Crippen molar-refractivity contribution in [2.75, 3.05) is 6.54 Å². The van der Waals surface area contributed by atoms with Crippen molar-refractivity contribution in [3.63, 3.8) is 0 Å². The number of nitrogens with one attached hydrogen (secondary N) is 1. The second kappa shape index (κ2) is 5.46. The van der Waals surface area contributed by atoms with Crippen molar-refractivity contribution < 1.29 is 0 Å². The maximum absolute atomic E-state index is 4.15. The molecule has 1 atom stereocenters. The van der Waals surface area contributed by atoms with E-state index in [2.05, 4.69) is 29.2 Å². The summed E-state index contributed by atoms with van der Waals surface area (Å²) >= 11 is 0. The second-order valence-corrected chi connectivity index (χ2v) is 3.22. The lowest BCUT2D eigenvalue weighted by Crippen LogP contribution is -2.20. The first kappa shape index (κ1) is 10.8. The Kier molecular flexibility index (Phi) is 4.21. The van der Waals surface area contributed by atoms with Gasteiger partial charge in [-0.05, 0) is 13.3 Å². The van der Waals surface area contributed by atoms with E-state index in [0.717, 1.165) is 13.0 Å². The third-order valence-electron chi connectivity index (χ3n) is 2.15. The number of aryl methyl sites for hydroxylation is 1. The van der Waals surface area contributed by atoms with Crippen LogP contribution >= 0.6 is 0 Å². The Morgan fingerprint density at radius 3 is 2.93 bits per heavy atom. The van der Waals surface area contributed by atoms with Gasteiger partial charge in [-0.2, -0.15) is 5.10 Å². The summed E-state index contributed by atoms with van der Waals surface area (Å²) in [7, 11) is 1.93. The van der Waals surface area contributed by atoms with Gasteiger partial charge in [-0.1, -0.05) is 12.8 Å². The highest BCUT2D eigenvalue weighted by molar-refractivity contribution is 5.11. The highest BCUT2D eigenvalue weighted by Gasteiger charge is 2.08. The number of nitrogens with zero attached hydrogens (tertiary/aromatic N) is 2. The van der Waals surface area contributed by atoms with Crippen LogP contribution in [0.4, 0.5) is 0 Å². The van der Waals surface area contributed by atoms with E-state index in [4.69, 9.17) is 0 Å². The monoisotopic (exact) mass is 191 g/mol. The molecule has 0 spiro atoms. The fraction of sp³-hybridized carbons (Fsp3) is 0.545. The van der Waals surface area contributed by atoms with E-state index in [0.29, 0.717) is 6.04 Å². The minimum atomic E-state index is 0.365. The molecule has 0 fully saturated rings. The van der Waals surface area contributed by atoms with Crippen LogP contribution in [0.3, 0.4) is 0 Å². The standard InChI is InChI=1S/C11H17N3/c1-4-6-7-12-11(5-2)10-8-13-14(3)9-10/h8-9,11-12H,5,7H2,1-3H3. The summed E-state index contributed by atoms with van der Waals surface area (Å²) in [6.07, 6.45) is 5.00. The van der Waals surface area contributed by atoms with Crippen LogP contribution in [-0.4, -0.2) is 16.3 Å². The Morgan fingerprint density at radius 1 is 1.64 bits per heavy atom. The third-order valence-corrected chi connectivity index (χ3v) is 2.15. The largest absolute Gasteiger partial charge is 0.299 e. The van der Waals surface area contributed by atoms with Crippen LogP contribution in [0.1, 0.15) is 31.9 Å². The highest BCUT2D eigenvalue weighted by atomic mass is 15.2. The van der Waals surface area contributed by atoms with Crippen LogP contribution in [0.25, 0.3) is 0 Å². The molecule has 1 rings (SSSR count). The molecule has 1 unspecified atom stereocenters. The van der Waals surface area contributed by atoms with E-state index < -0.39 is 0 Å². The van der Waals surface area contributed by atoms with E-state index in [9.17, 15) is 0 Å². The Labute approximate surface area is 85.5 Å². The van der Waals surface area contributed by atoms with Crippen molar-refractivity contribution >= 4 is 0 Å². The van der Waals surface area contributed by atoms with Gasteiger partial charge in [0.25, 0.3) is 0 Å². The van der Waals surface area contributed by atoms with E-state index >= 15 is 0 Å². The zero-order chi connectivity index (χ0) is 10.4. The Bertz CT molecular complexity index is 330. The number of rotatable bonds is 4. The zero-order valence-corrected chi connectivity index (χ0v) is 9.04. The molecular formula is C11H17N3. The van der Waals surface area contributed by atoms with Crippen molar-refractivity contribution in [3.8, 4) is 11.8 Å². The lowest BCUT2D eigenvalue weighted by Gasteiger charge is -2.12. The highest BCUT2D eigenvalue weighted by Crippen LogP contribution is 2.14. The smallest absolute Gasteiger partial charge is 0.0581 e. The quantitative estimate of drug-likeness (QED) is 0.731. The fourth-order valence-corrected chi connectivity index (χ4v) is 1.38. The number of aromatic nitrogens is 2. The van der Waals surface area contributed by atoms with Crippen LogP contribution in [0, 0.1) is 11.8 Å². The molecule has 0 amide bonds. The summed E-state index contributed by atoms with van der Waals surface area (Å²) in [6.45, 7) is 4.75. The van der Waals surface area contributed by atoms with Crippen LogP contribution in [0.2, 0.25) is 0 Å². The molecule has 3 heteroatoms. The lowest BCUT2D eigenvalue weighted by atomic mass is 10.1. The molecule has 1 N–H and O–H groups in total. The predicted molar refractivity (Wildman–Crippen MR) is 57.7 cm³/mol. The van der Waals surface area contributed by atoms with E-state index in [1.807, 2.05) is 31.0 Å². The van der Waals surface area contributed by atoms with Gasteiger partial charge in [0, 0.05) is 24.8 Å². The van der Waals surface area contributed by atoms with E-state index in [1.54, 1.807) is 0 Å². The average Bonchev–Trinajstić information content (AvgIpc) is 2.60. The second-order valence-electron chi connectivity index (χ2n) is 3.22.